The lowest BCUT2D eigenvalue weighted by Crippen LogP contribution is -2.30. The van der Waals surface area contributed by atoms with Crippen molar-refractivity contribution < 1.29 is 28.6 Å². The van der Waals surface area contributed by atoms with E-state index >= 15 is 0 Å². The molecule has 0 aromatic carbocycles. The third-order valence-corrected chi connectivity index (χ3v) is 11.0. The van der Waals surface area contributed by atoms with Crippen molar-refractivity contribution in [3.63, 3.8) is 0 Å². The van der Waals surface area contributed by atoms with Crippen molar-refractivity contribution >= 4 is 17.9 Å². The van der Waals surface area contributed by atoms with E-state index in [1.807, 2.05) is 0 Å². The van der Waals surface area contributed by atoms with Gasteiger partial charge in [-0.2, -0.15) is 0 Å². The molecule has 0 fully saturated rings. The predicted octanol–water partition coefficient (Wildman–Crippen LogP) is 18.1. The summed E-state index contributed by atoms with van der Waals surface area (Å²) in [5.74, 6) is -1.00. The van der Waals surface area contributed by atoms with Gasteiger partial charge in [-0.05, 0) is 109 Å². The van der Waals surface area contributed by atoms with Crippen LogP contribution in [0, 0.1) is 0 Å². The molecular weight excluding hydrogens is 829 g/mol. The Balaban J connectivity index is 4.50. The number of allylic oxidation sites excluding steroid dienone is 20. The zero-order valence-electron chi connectivity index (χ0n) is 43.1. The van der Waals surface area contributed by atoms with Crippen LogP contribution in [-0.4, -0.2) is 37.2 Å². The van der Waals surface area contributed by atoms with E-state index in [9.17, 15) is 14.4 Å². The summed E-state index contributed by atoms with van der Waals surface area (Å²) >= 11 is 0. The van der Waals surface area contributed by atoms with Gasteiger partial charge < -0.3 is 14.2 Å². The molecule has 0 radical (unpaired) electrons. The fourth-order valence-corrected chi connectivity index (χ4v) is 6.98. The summed E-state index contributed by atoms with van der Waals surface area (Å²) in [7, 11) is 0. The van der Waals surface area contributed by atoms with E-state index < -0.39 is 6.10 Å². The van der Waals surface area contributed by atoms with E-state index in [1.165, 1.54) is 64.2 Å². The van der Waals surface area contributed by atoms with E-state index in [0.717, 1.165) is 116 Å². The zero-order valence-corrected chi connectivity index (χ0v) is 43.1. The van der Waals surface area contributed by atoms with Gasteiger partial charge in [0.15, 0.2) is 6.10 Å². The first-order valence-electron chi connectivity index (χ1n) is 27.1. The predicted molar refractivity (Wildman–Crippen MR) is 288 cm³/mol. The van der Waals surface area contributed by atoms with Crippen molar-refractivity contribution in [2.24, 2.45) is 0 Å². The molecule has 0 N–H and O–H groups in total. The highest BCUT2D eigenvalue weighted by Gasteiger charge is 2.19. The molecule has 1 unspecified atom stereocenters. The lowest BCUT2D eigenvalue weighted by molar-refractivity contribution is -0.167. The quantitative estimate of drug-likeness (QED) is 0.0199. The summed E-state index contributed by atoms with van der Waals surface area (Å²) in [5, 5.41) is 0. The first kappa shape index (κ1) is 62.8. The summed E-state index contributed by atoms with van der Waals surface area (Å²) in [6, 6.07) is 0. The minimum absolute atomic E-state index is 0.113. The first-order valence-corrected chi connectivity index (χ1v) is 27.1. The van der Waals surface area contributed by atoms with Crippen LogP contribution in [0.25, 0.3) is 0 Å². The van der Waals surface area contributed by atoms with Crippen molar-refractivity contribution in [2.45, 2.75) is 232 Å². The molecular formula is C61H98O6. The van der Waals surface area contributed by atoms with Crippen LogP contribution in [-0.2, 0) is 28.6 Å². The van der Waals surface area contributed by atoms with Crippen LogP contribution >= 0.6 is 0 Å². The third-order valence-electron chi connectivity index (χ3n) is 11.0. The number of ether oxygens (including phenoxy) is 3. The van der Waals surface area contributed by atoms with Gasteiger partial charge in [-0.3, -0.25) is 14.4 Å². The largest absolute Gasteiger partial charge is 0.462 e. The molecule has 0 heterocycles. The van der Waals surface area contributed by atoms with Gasteiger partial charge >= 0.3 is 17.9 Å². The van der Waals surface area contributed by atoms with Crippen LogP contribution in [0.5, 0.6) is 0 Å². The third kappa shape index (κ3) is 52.6. The molecule has 1 atom stereocenters. The van der Waals surface area contributed by atoms with Crippen molar-refractivity contribution in [2.75, 3.05) is 13.2 Å². The number of unbranched alkanes of at least 4 members (excludes halogenated alkanes) is 18. The lowest BCUT2D eigenvalue weighted by atomic mass is 10.1. The SMILES string of the molecule is CC/C=C/C=C/C=C/CCCCCCCC(=O)OCC(COC(=O)CCCCCCCCCCC/C=C/C/C=C/C/C=C/CC)OC(=O)CCC/C=C/C/C=C/C/C=C/C/C=C/CCCCC. The summed E-state index contributed by atoms with van der Waals surface area (Å²) in [4.78, 5) is 38.1. The second-order valence-corrected chi connectivity index (χ2v) is 17.4. The summed E-state index contributed by atoms with van der Waals surface area (Å²) < 4.78 is 16.8. The van der Waals surface area contributed by atoms with Gasteiger partial charge in [0.2, 0.25) is 0 Å². The van der Waals surface area contributed by atoms with Gasteiger partial charge in [0.1, 0.15) is 13.2 Å². The number of esters is 3. The van der Waals surface area contributed by atoms with E-state index in [4.69, 9.17) is 14.2 Å². The maximum absolute atomic E-state index is 12.8. The number of rotatable bonds is 47. The molecule has 6 heteroatoms. The van der Waals surface area contributed by atoms with Crippen molar-refractivity contribution in [1.82, 2.24) is 0 Å². The number of carbonyl (C=O) groups excluding carboxylic acids is 3. The Labute approximate surface area is 412 Å². The molecule has 0 aromatic heterocycles. The Hall–Kier alpha value is -4.19. The summed E-state index contributed by atoms with van der Waals surface area (Å²) in [6.07, 6.45) is 74.7. The minimum Gasteiger partial charge on any atom is -0.462 e. The molecule has 67 heavy (non-hydrogen) atoms. The average Bonchev–Trinajstić information content (AvgIpc) is 3.33. The first-order chi connectivity index (χ1) is 33.0. The Bertz CT molecular complexity index is 1440. The van der Waals surface area contributed by atoms with Gasteiger partial charge in [-0.1, -0.05) is 219 Å². The number of hydrogen-bond acceptors (Lipinski definition) is 6. The molecule has 0 saturated carbocycles. The maximum atomic E-state index is 12.8. The monoisotopic (exact) mass is 927 g/mol. The molecule has 0 amide bonds. The highest BCUT2D eigenvalue weighted by molar-refractivity contribution is 5.71. The molecule has 0 aliphatic carbocycles. The molecule has 0 aliphatic rings. The second kappa shape index (κ2) is 54.4. The van der Waals surface area contributed by atoms with Crippen LogP contribution in [0.15, 0.2) is 122 Å². The highest BCUT2D eigenvalue weighted by atomic mass is 16.6. The molecule has 0 bridgehead atoms. The lowest BCUT2D eigenvalue weighted by Gasteiger charge is -2.18. The highest BCUT2D eigenvalue weighted by Crippen LogP contribution is 2.14. The van der Waals surface area contributed by atoms with E-state index in [1.54, 1.807) is 0 Å². The molecule has 0 spiro atoms. The zero-order chi connectivity index (χ0) is 48.6. The standard InChI is InChI=1S/C61H98O6/c1-4-7-10-13-16-19-22-25-27-29-30-32-33-36-39-42-45-48-51-54-60(63)66-57-58(56-65-59(62)53-50-47-44-41-38-35-24-21-18-15-12-9-6-3)67-61(64)55-52-49-46-43-40-37-34-31-28-26-23-20-17-14-11-8-5-2/h7,9-10,12,15-21,24-28,34,37,43,46,58H,4-6,8,11,13-14,22-23,29-33,35-36,38-42,44-45,47-57H2,1-3H3/b10-7+,12-9+,18-15+,19-16+,20-17+,24-21+,27-25+,28-26+,37-34+,46-43+. The maximum Gasteiger partial charge on any atom is 0.306 e. The Morgan fingerprint density at radius 2 is 0.672 bits per heavy atom. The average molecular weight is 927 g/mol. The van der Waals surface area contributed by atoms with Crippen molar-refractivity contribution in [1.29, 1.82) is 0 Å². The molecule has 0 rings (SSSR count). The van der Waals surface area contributed by atoms with Gasteiger partial charge in [0.25, 0.3) is 0 Å². The van der Waals surface area contributed by atoms with Crippen LogP contribution in [0.3, 0.4) is 0 Å². The van der Waals surface area contributed by atoms with Crippen LogP contribution in [0.4, 0.5) is 0 Å². The van der Waals surface area contributed by atoms with E-state index in [0.29, 0.717) is 19.3 Å². The van der Waals surface area contributed by atoms with E-state index in [2.05, 4.69) is 142 Å². The topological polar surface area (TPSA) is 78.9 Å². The van der Waals surface area contributed by atoms with Crippen molar-refractivity contribution in [3.8, 4) is 0 Å². The summed E-state index contributed by atoms with van der Waals surface area (Å²) in [6.45, 7) is 6.29. The fraction of sp³-hybridized carbons (Fsp3) is 0.623. The Kier molecular flexibility index (Phi) is 51.0. The van der Waals surface area contributed by atoms with Crippen molar-refractivity contribution in [3.05, 3.63) is 122 Å². The molecule has 6 nitrogen and oxygen atoms in total. The van der Waals surface area contributed by atoms with Crippen LogP contribution in [0.2, 0.25) is 0 Å². The second-order valence-electron chi connectivity index (χ2n) is 17.4. The summed E-state index contributed by atoms with van der Waals surface area (Å²) in [5.41, 5.74) is 0. The van der Waals surface area contributed by atoms with Gasteiger partial charge in [-0.15, -0.1) is 0 Å². The van der Waals surface area contributed by atoms with Crippen LogP contribution < -0.4 is 0 Å². The Morgan fingerprint density at radius 1 is 0.328 bits per heavy atom. The minimum atomic E-state index is -0.821. The smallest absolute Gasteiger partial charge is 0.306 e. The normalized spacial score (nSPS) is 13.1. The molecule has 378 valence electrons. The van der Waals surface area contributed by atoms with Gasteiger partial charge in [-0.25, -0.2) is 0 Å². The Morgan fingerprint density at radius 3 is 1.12 bits per heavy atom. The van der Waals surface area contributed by atoms with Gasteiger partial charge in [0.05, 0.1) is 0 Å². The number of hydrogen-bond donors (Lipinski definition) is 0. The molecule has 0 saturated heterocycles. The fourth-order valence-electron chi connectivity index (χ4n) is 6.98. The molecule has 0 aromatic rings. The van der Waals surface area contributed by atoms with E-state index in [-0.39, 0.29) is 37.5 Å². The van der Waals surface area contributed by atoms with Gasteiger partial charge in [0, 0.05) is 19.3 Å². The van der Waals surface area contributed by atoms with Crippen LogP contribution in [0.1, 0.15) is 226 Å². The molecule has 0 aliphatic heterocycles. The number of carbonyl (C=O) groups is 3.